The summed E-state index contributed by atoms with van der Waals surface area (Å²) in [5.41, 5.74) is 5.20. The molecule has 0 bridgehead atoms. The van der Waals surface area contributed by atoms with Gasteiger partial charge >= 0.3 is 5.69 Å². The van der Waals surface area contributed by atoms with E-state index in [2.05, 4.69) is 11.6 Å². The highest BCUT2D eigenvalue weighted by Gasteiger charge is 2.43. The monoisotopic (exact) mass is 269 g/mol. The zero-order valence-electron chi connectivity index (χ0n) is 10.0. The zero-order chi connectivity index (χ0) is 14.2. The van der Waals surface area contributed by atoms with Crippen LogP contribution in [0.25, 0.3) is 6.08 Å². The summed E-state index contributed by atoms with van der Waals surface area (Å²) in [7, 11) is 0. The van der Waals surface area contributed by atoms with Crippen LogP contribution in [0.3, 0.4) is 0 Å². The molecule has 2 rings (SSSR count). The molecule has 1 aliphatic heterocycles. The van der Waals surface area contributed by atoms with E-state index in [-0.39, 0.29) is 5.82 Å². The first-order chi connectivity index (χ1) is 8.99. The van der Waals surface area contributed by atoms with Gasteiger partial charge in [-0.1, -0.05) is 12.7 Å². The number of aliphatic hydroxyl groups excluding tert-OH is 3. The highest BCUT2D eigenvalue weighted by atomic mass is 16.6. The molecular formula is C11H15N3O5. The van der Waals surface area contributed by atoms with E-state index in [0.29, 0.717) is 5.56 Å². The molecule has 0 aromatic carbocycles. The molecule has 2 unspecified atom stereocenters. The largest absolute Gasteiger partial charge is 0.394 e. The lowest BCUT2D eigenvalue weighted by atomic mass is 10.1. The third-order valence-corrected chi connectivity index (χ3v) is 3.02. The molecule has 1 aliphatic rings. The maximum absolute atomic E-state index is 11.7. The Morgan fingerprint density at radius 1 is 1.53 bits per heavy atom. The van der Waals surface area contributed by atoms with E-state index < -0.39 is 36.8 Å². The molecular weight excluding hydrogens is 254 g/mol. The third-order valence-electron chi connectivity index (χ3n) is 3.02. The number of hydrogen-bond acceptors (Lipinski definition) is 7. The van der Waals surface area contributed by atoms with E-state index in [1.165, 1.54) is 12.3 Å². The van der Waals surface area contributed by atoms with Crippen LogP contribution in [0.5, 0.6) is 0 Å². The number of nitrogens with zero attached hydrogens (tertiary/aromatic N) is 2. The number of ether oxygens (including phenoxy) is 1. The van der Waals surface area contributed by atoms with Crippen molar-refractivity contribution in [3.05, 3.63) is 28.8 Å². The van der Waals surface area contributed by atoms with Gasteiger partial charge in [-0.25, -0.2) is 4.79 Å². The summed E-state index contributed by atoms with van der Waals surface area (Å²) >= 11 is 0. The standard InChI is InChI=1S/C11H15N3O5/c1-2-5-3-14(11(18)13-9(5)12)10-8(17)7(16)6(4-15)19-10/h2-3,6-8,10,15-17H,1,4H2,(H2,12,13,18)/t6-,7?,8?,10-/m1/s1. The van der Waals surface area contributed by atoms with Gasteiger partial charge in [0.1, 0.15) is 24.1 Å². The van der Waals surface area contributed by atoms with Crippen molar-refractivity contribution in [1.29, 1.82) is 0 Å². The topological polar surface area (TPSA) is 131 Å². The van der Waals surface area contributed by atoms with Gasteiger partial charge in [0, 0.05) is 11.8 Å². The molecule has 4 atom stereocenters. The number of hydrogen-bond donors (Lipinski definition) is 4. The van der Waals surface area contributed by atoms with Crippen molar-refractivity contribution in [2.24, 2.45) is 0 Å². The van der Waals surface area contributed by atoms with Crippen LogP contribution in [0.2, 0.25) is 0 Å². The number of anilines is 1. The Kier molecular flexibility index (Phi) is 3.67. The number of nitrogen functional groups attached to an aromatic ring is 1. The van der Waals surface area contributed by atoms with Gasteiger partial charge in [0.15, 0.2) is 6.23 Å². The second kappa shape index (κ2) is 5.10. The Morgan fingerprint density at radius 2 is 2.21 bits per heavy atom. The Hall–Kier alpha value is -1.74. The van der Waals surface area contributed by atoms with E-state index in [4.69, 9.17) is 15.6 Å². The van der Waals surface area contributed by atoms with Crippen molar-refractivity contribution in [2.75, 3.05) is 12.3 Å². The maximum atomic E-state index is 11.7. The van der Waals surface area contributed by atoms with Crippen LogP contribution in [0.4, 0.5) is 5.82 Å². The first-order valence-corrected chi connectivity index (χ1v) is 5.63. The van der Waals surface area contributed by atoms with Crippen LogP contribution in [0.15, 0.2) is 17.6 Å². The molecule has 0 aliphatic carbocycles. The minimum absolute atomic E-state index is 0.0167. The quantitative estimate of drug-likeness (QED) is 0.503. The van der Waals surface area contributed by atoms with Crippen LogP contribution in [0.1, 0.15) is 11.8 Å². The third kappa shape index (κ3) is 2.26. The van der Waals surface area contributed by atoms with Gasteiger partial charge in [0.25, 0.3) is 0 Å². The lowest BCUT2D eigenvalue weighted by Gasteiger charge is -2.17. The van der Waals surface area contributed by atoms with E-state index in [0.717, 1.165) is 4.57 Å². The zero-order valence-corrected chi connectivity index (χ0v) is 10.0. The molecule has 1 fully saturated rings. The fourth-order valence-electron chi connectivity index (χ4n) is 1.95. The van der Waals surface area contributed by atoms with Crippen molar-refractivity contribution in [2.45, 2.75) is 24.5 Å². The van der Waals surface area contributed by atoms with Crippen LogP contribution < -0.4 is 11.4 Å². The van der Waals surface area contributed by atoms with Crippen molar-refractivity contribution < 1.29 is 20.1 Å². The molecule has 104 valence electrons. The Labute approximate surface area is 108 Å². The fourth-order valence-corrected chi connectivity index (χ4v) is 1.95. The highest BCUT2D eigenvalue weighted by molar-refractivity contribution is 5.57. The average molecular weight is 269 g/mol. The van der Waals surface area contributed by atoms with Gasteiger partial charge in [-0.3, -0.25) is 4.57 Å². The van der Waals surface area contributed by atoms with Gasteiger partial charge in [-0.15, -0.1) is 0 Å². The summed E-state index contributed by atoms with van der Waals surface area (Å²) < 4.78 is 6.25. The van der Waals surface area contributed by atoms with Gasteiger partial charge in [-0.2, -0.15) is 4.98 Å². The van der Waals surface area contributed by atoms with Gasteiger partial charge < -0.3 is 25.8 Å². The summed E-state index contributed by atoms with van der Waals surface area (Å²) in [5.74, 6) is 0.0167. The van der Waals surface area contributed by atoms with E-state index >= 15 is 0 Å². The molecule has 0 spiro atoms. The lowest BCUT2D eigenvalue weighted by molar-refractivity contribution is -0.0549. The molecule has 19 heavy (non-hydrogen) atoms. The maximum Gasteiger partial charge on any atom is 0.351 e. The first kappa shape index (κ1) is 13.7. The molecule has 0 amide bonds. The summed E-state index contributed by atoms with van der Waals surface area (Å²) in [6, 6.07) is 0. The minimum Gasteiger partial charge on any atom is -0.394 e. The second-order valence-electron chi connectivity index (χ2n) is 4.20. The summed E-state index contributed by atoms with van der Waals surface area (Å²) in [6.45, 7) is 3.05. The fraction of sp³-hybridized carbons (Fsp3) is 0.455. The number of rotatable bonds is 3. The molecule has 0 saturated carbocycles. The Morgan fingerprint density at radius 3 is 2.74 bits per heavy atom. The summed E-state index contributed by atoms with van der Waals surface area (Å²) in [5, 5.41) is 28.5. The lowest BCUT2D eigenvalue weighted by Crippen LogP contribution is -2.36. The van der Waals surface area contributed by atoms with E-state index in [9.17, 15) is 15.0 Å². The molecule has 1 aromatic rings. The molecule has 0 radical (unpaired) electrons. The summed E-state index contributed by atoms with van der Waals surface area (Å²) in [4.78, 5) is 15.3. The van der Waals surface area contributed by atoms with Gasteiger partial charge in [-0.05, 0) is 0 Å². The number of aromatic nitrogens is 2. The molecule has 5 N–H and O–H groups in total. The number of nitrogens with two attached hydrogens (primary N) is 1. The molecule has 1 aromatic heterocycles. The minimum atomic E-state index is -1.35. The van der Waals surface area contributed by atoms with Crippen molar-refractivity contribution >= 4 is 11.9 Å². The highest BCUT2D eigenvalue weighted by Crippen LogP contribution is 2.28. The van der Waals surface area contributed by atoms with Crippen LogP contribution in [0, 0.1) is 0 Å². The molecule has 8 nitrogen and oxygen atoms in total. The van der Waals surface area contributed by atoms with Crippen molar-refractivity contribution in [3.63, 3.8) is 0 Å². The van der Waals surface area contributed by atoms with E-state index in [1.54, 1.807) is 0 Å². The van der Waals surface area contributed by atoms with E-state index in [1.807, 2.05) is 0 Å². The predicted octanol–water partition coefficient (Wildman–Crippen LogP) is -1.92. The number of aliphatic hydroxyl groups is 3. The average Bonchev–Trinajstić information content (AvgIpc) is 2.67. The van der Waals surface area contributed by atoms with Crippen LogP contribution in [-0.2, 0) is 4.74 Å². The van der Waals surface area contributed by atoms with Crippen LogP contribution >= 0.6 is 0 Å². The smallest absolute Gasteiger partial charge is 0.351 e. The van der Waals surface area contributed by atoms with Crippen LogP contribution in [-0.4, -0.2) is 49.8 Å². The Balaban J connectivity index is 2.43. The SMILES string of the molecule is C=Cc1cn([C@@H]2O[C@H](CO)C(O)C2O)c(=O)nc1N. The summed E-state index contributed by atoms with van der Waals surface area (Å²) in [6.07, 6.45) is -2.00. The predicted molar refractivity (Wildman–Crippen MR) is 66.0 cm³/mol. The van der Waals surface area contributed by atoms with Gasteiger partial charge in [0.05, 0.1) is 6.61 Å². The molecule has 2 heterocycles. The molecule has 8 heteroatoms. The Bertz CT molecular complexity index is 544. The van der Waals surface area contributed by atoms with Crippen molar-refractivity contribution in [3.8, 4) is 0 Å². The second-order valence-corrected chi connectivity index (χ2v) is 4.20. The first-order valence-electron chi connectivity index (χ1n) is 5.63. The normalized spacial score (nSPS) is 30.5. The molecule has 1 saturated heterocycles. The van der Waals surface area contributed by atoms with Crippen molar-refractivity contribution in [1.82, 2.24) is 9.55 Å². The van der Waals surface area contributed by atoms with Gasteiger partial charge in [0.2, 0.25) is 0 Å².